The fraction of sp³-hybridized carbons (Fsp3) is 0.750. The van der Waals surface area contributed by atoms with Crippen LogP contribution in [0, 0.1) is 18.3 Å². The lowest BCUT2D eigenvalue weighted by atomic mass is 10.2. The second-order valence-electron chi connectivity index (χ2n) is 2.82. The molecule has 0 aliphatic carbocycles. The summed E-state index contributed by atoms with van der Waals surface area (Å²) in [6, 6.07) is 0. The van der Waals surface area contributed by atoms with E-state index in [0.29, 0.717) is 19.1 Å². The van der Waals surface area contributed by atoms with Crippen molar-refractivity contribution in [3.05, 3.63) is 0 Å². The summed E-state index contributed by atoms with van der Waals surface area (Å²) < 4.78 is 10.5. The van der Waals surface area contributed by atoms with E-state index >= 15 is 0 Å². The highest BCUT2D eigenvalue weighted by Crippen LogP contribution is 2.19. The van der Waals surface area contributed by atoms with Crippen LogP contribution in [0.4, 0.5) is 0 Å². The molecule has 0 bridgehead atoms. The van der Waals surface area contributed by atoms with E-state index in [9.17, 15) is 0 Å². The molecular formula is C8H12O2. The Bertz CT molecular complexity index is 149. The number of hydrogen-bond donors (Lipinski definition) is 0. The zero-order valence-electron chi connectivity index (χ0n) is 6.39. The minimum atomic E-state index is -0.771. The summed E-state index contributed by atoms with van der Waals surface area (Å²) in [7, 11) is 0. The van der Waals surface area contributed by atoms with Gasteiger partial charge >= 0.3 is 0 Å². The monoisotopic (exact) mass is 140 g/mol. The maximum atomic E-state index is 5.27. The molecule has 1 rings (SSSR count). The normalized spacial score (nSPS) is 40.7. The molecule has 0 atom stereocenters. The third kappa shape index (κ3) is 1.50. The number of ether oxygens (including phenoxy) is 2. The fourth-order valence-corrected chi connectivity index (χ4v) is 0.776. The smallest absolute Gasteiger partial charge is 0.230 e. The molecule has 0 aromatic heterocycles. The van der Waals surface area contributed by atoms with Crippen molar-refractivity contribution in [3.63, 3.8) is 0 Å². The maximum Gasteiger partial charge on any atom is 0.230 e. The van der Waals surface area contributed by atoms with Crippen LogP contribution in [0.5, 0.6) is 0 Å². The summed E-state index contributed by atoms with van der Waals surface area (Å²) in [5.74, 6) is 2.14. The van der Waals surface area contributed by atoms with Gasteiger partial charge in [-0.2, -0.15) is 0 Å². The van der Waals surface area contributed by atoms with Crippen molar-refractivity contribution in [2.24, 2.45) is 5.92 Å². The number of rotatable bonds is 0. The van der Waals surface area contributed by atoms with Crippen molar-refractivity contribution in [1.82, 2.24) is 0 Å². The molecule has 1 heterocycles. The van der Waals surface area contributed by atoms with E-state index in [1.165, 1.54) is 0 Å². The summed E-state index contributed by atoms with van der Waals surface area (Å²) in [5.41, 5.74) is 0. The van der Waals surface area contributed by atoms with Crippen LogP contribution in [0.15, 0.2) is 0 Å². The Morgan fingerprint density at radius 1 is 1.50 bits per heavy atom. The van der Waals surface area contributed by atoms with Crippen LogP contribution in [-0.4, -0.2) is 19.0 Å². The SMILES string of the molecule is C#CC1(C)OCC(C)CO1. The first-order valence-electron chi connectivity index (χ1n) is 3.42. The topological polar surface area (TPSA) is 18.5 Å². The van der Waals surface area contributed by atoms with Gasteiger partial charge in [0.15, 0.2) is 0 Å². The van der Waals surface area contributed by atoms with E-state index < -0.39 is 5.79 Å². The summed E-state index contributed by atoms with van der Waals surface area (Å²) in [6.45, 7) is 5.22. The van der Waals surface area contributed by atoms with Crippen LogP contribution in [0.25, 0.3) is 0 Å². The first-order valence-corrected chi connectivity index (χ1v) is 3.42. The Morgan fingerprint density at radius 3 is 2.40 bits per heavy atom. The Hall–Kier alpha value is -0.520. The minimum Gasteiger partial charge on any atom is -0.340 e. The Balaban J connectivity index is 2.48. The zero-order chi connectivity index (χ0) is 7.61. The standard InChI is InChI=1S/C8H12O2/c1-4-8(3)9-5-7(2)6-10-8/h1,7H,5-6H2,2-3H3. The van der Waals surface area contributed by atoms with Crippen molar-refractivity contribution in [3.8, 4) is 12.3 Å². The maximum absolute atomic E-state index is 5.27. The molecule has 0 N–H and O–H groups in total. The quantitative estimate of drug-likeness (QED) is 0.468. The molecule has 2 heteroatoms. The van der Waals surface area contributed by atoms with Crippen LogP contribution in [0.1, 0.15) is 13.8 Å². The number of hydrogen-bond acceptors (Lipinski definition) is 2. The third-order valence-electron chi connectivity index (χ3n) is 1.55. The summed E-state index contributed by atoms with van der Waals surface area (Å²) in [5, 5.41) is 0. The van der Waals surface area contributed by atoms with Gasteiger partial charge in [-0.05, 0) is 5.92 Å². The summed E-state index contributed by atoms with van der Waals surface area (Å²) in [6.07, 6.45) is 5.18. The predicted molar refractivity (Wildman–Crippen MR) is 38.3 cm³/mol. The molecule has 1 saturated heterocycles. The van der Waals surface area contributed by atoms with Crippen LogP contribution >= 0.6 is 0 Å². The van der Waals surface area contributed by atoms with Gasteiger partial charge in [-0.25, -0.2) is 0 Å². The molecule has 0 aromatic carbocycles. The first kappa shape index (κ1) is 7.59. The van der Waals surface area contributed by atoms with Gasteiger partial charge in [0, 0.05) is 12.8 Å². The van der Waals surface area contributed by atoms with Gasteiger partial charge in [0.25, 0.3) is 0 Å². The van der Waals surface area contributed by atoms with Crippen LogP contribution in [-0.2, 0) is 9.47 Å². The molecule has 0 aromatic rings. The lowest BCUT2D eigenvalue weighted by Gasteiger charge is -2.32. The highest BCUT2D eigenvalue weighted by Gasteiger charge is 2.28. The van der Waals surface area contributed by atoms with Crippen molar-refractivity contribution < 1.29 is 9.47 Å². The first-order chi connectivity index (χ1) is 4.66. The van der Waals surface area contributed by atoms with Crippen molar-refractivity contribution in [2.75, 3.05) is 13.2 Å². The van der Waals surface area contributed by atoms with E-state index in [1.54, 1.807) is 6.92 Å². The highest BCUT2D eigenvalue weighted by atomic mass is 16.7. The number of terminal acetylenes is 1. The molecule has 0 unspecified atom stereocenters. The van der Waals surface area contributed by atoms with Gasteiger partial charge in [0.1, 0.15) is 0 Å². The van der Waals surface area contributed by atoms with Gasteiger partial charge in [-0.15, -0.1) is 6.42 Å². The zero-order valence-corrected chi connectivity index (χ0v) is 6.39. The molecule has 10 heavy (non-hydrogen) atoms. The molecule has 2 nitrogen and oxygen atoms in total. The lowest BCUT2D eigenvalue weighted by molar-refractivity contribution is -0.235. The van der Waals surface area contributed by atoms with Gasteiger partial charge in [0.2, 0.25) is 5.79 Å². The molecule has 0 spiro atoms. The molecule has 56 valence electrons. The average Bonchev–Trinajstić information content (AvgIpc) is 1.96. The minimum absolute atomic E-state index is 0.460. The average molecular weight is 140 g/mol. The summed E-state index contributed by atoms with van der Waals surface area (Å²) >= 11 is 0. The van der Waals surface area contributed by atoms with Crippen LogP contribution in [0.3, 0.4) is 0 Å². The van der Waals surface area contributed by atoms with E-state index in [4.69, 9.17) is 15.9 Å². The Morgan fingerprint density at radius 2 is 2.00 bits per heavy atom. The molecule has 0 radical (unpaired) electrons. The van der Waals surface area contributed by atoms with Gasteiger partial charge in [0.05, 0.1) is 13.2 Å². The molecule has 1 fully saturated rings. The van der Waals surface area contributed by atoms with Crippen LogP contribution in [0.2, 0.25) is 0 Å². The molecule has 0 amide bonds. The second-order valence-corrected chi connectivity index (χ2v) is 2.82. The van der Waals surface area contributed by atoms with Crippen molar-refractivity contribution in [2.45, 2.75) is 19.6 Å². The van der Waals surface area contributed by atoms with Gasteiger partial charge in [-0.1, -0.05) is 6.92 Å². The summed E-state index contributed by atoms with van der Waals surface area (Å²) in [4.78, 5) is 0. The highest BCUT2D eigenvalue weighted by molar-refractivity contribution is 5.00. The van der Waals surface area contributed by atoms with E-state index in [0.717, 1.165) is 0 Å². The van der Waals surface area contributed by atoms with Gasteiger partial charge < -0.3 is 9.47 Å². The molecular weight excluding hydrogens is 128 g/mol. The third-order valence-corrected chi connectivity index (χ3v) is 1.55. The Labute approximate surface area is 61.5 Å². The van der Waals surface area contributed by atoms with Crippen molar-refractivity contribution in [1.29, 1.82) is 0 Å². The van der Waals surface area contributed by atoms with Crippen molar-refractivity contribution >= 4 is 0 Å². The molecule has 0 saturated carbocycles. The largest absolute Gasteiger partial charge is 0.340 e. The second kappa shape index (κ2) is 2.61. The van der Waals surface area contributed by atoms with Crippen LogP contribution < -0.4 is 0 Å². The fourth-order valence-electron chi connectivity index (χ4n) is 0.776. The predicted octanol–water partition coefficient (Wildman–Crippen LogP) is 1.02. The van der Waals surface area contributed by atoms with E-state index in [-0.39, 0.29) is 0 Å². The molecule has 1 aliphatic rings. The van der Waals surface area contributed by atoms with E-state index in [1.807, 2.05) is 0 Å². The van der Waals surface area contributed by atoms with E-state index in [2.05, 4.69) is 12.8 Å². The lowest BCUT2D eigenvalue weighted by Crippen LogP contribution is -2.39. The van der Waals surface area contributed by atoms with Gasteiger partial charge in [-0.3, -0.25) is 0 Å². The molecule has 1 aliphatic heterocycles. The Kier molecular flexibility index (Phi) is 1.98.